The van der Waals surface area contributed by atoms with Crippen LogP contribution in [0, 0.1) is 6.92 Å². The number of anilines is 1. The first-order valence-electron chi connectivity index (χ1n) is 7.91. The van der Waals surface area contributed by atoms with Gasteiger partial charge in [-0.3, -0.25) is 0 Å². The van der Waals surface area contributed by atoms with E-state index in [0.717, 1.165) is 16.8 Å². The Kier molecular flexibility index (Phi) is 6.32. The molecule has 5 heteroatoms. The van der Waals surface area contributed by atoms with Crippen molar-refractivity contribution in [1.29, 1.82) is 0 Å². The minimum atomic E-state index is -0.336. The third-order valence-corrected chi connectivity index (χ3v) is 3.86. The van der Waals surface area contributed by atoms with Crippen LogP contribution in [0.5, 0.6) is 0 Å². The average Bonchev–Trinajstić information content (AvgIpc) is 2.57. The number of aryl methyl sites for hydroxylation is 1. The van der Waals surface area contributed by atoms with Crippen LogP contribution in [-0.2, 0) is 4.74 Å². The summed E-state index contributed by atoms with van der Waals surface area (Å²) in [4.78, 5) is 11.9. The van der Waals surface area contributed by atoms with E-state index in [-0.39, 0.29) is 12.0 Å². The summed E-state index contributed by atoms with van der Waals surface area (Å²) in [5.41, 5.74) is 3.44. The summed E-state index contributed by atoms with van der Waals surface area (Å²) >= 11 is 5.39. The molecule has 0 fully saturated rings. The van der Waals surface area contributed by atoms with Gasteiger partial charge in [-0.1, -0.05) is 36.4 Å². The standard InChI is InChI=1S/C19H22N2O2S/c1-4-23-18(22)16-11-10-13(2)17(12-16)21-19(24)20-14(3)15-8-6-5-7-9-15/h5-12,14H,4H2,1-3H3,(H2,20,21,24). The SMILES string of the molecule is CCOC(=O)c1ccc(C)c(NC(=S)NC(C)c2ccccc2)c1. The van der Waals surface area contributed by atoms with Crippen molar-refractivity contribution in [2.24, 2.45) is 0 Å². The van der Waals surface area contributed by atoms with Gasteiger partial charge in [0, 0.05) is 5.69 Å². The molecule has 0 amide bonds. The number of nitrogens with one attached hydrogen (secondary N) is 2. The van der Waals surface area contributed by atoms with Gasteiger partial charge in [0.25, 0.3) is 0 Å². The Morgan fingerprint density at radius 2 is 1.92 bits per heavy atom. The molecule has 0 heterocycles. The fourth-order valence-corrected chi connectivity index (χ4v) is 2.56. The molecule has 0 bridgehead atoms. The predicted molar refractivity (Wildman–Crippen MR) is 101 cm³/mol. The lowest BCUT2D eigenvalue weighted by atomic mass is 10.1. The lowest BCUT2D eigenvalue weighted by Crippen LogP contribution is -2.31. The van der Waals surface area contributed by atoms with Crippen molar-refractivity contribution in [3.8, 4) is 0 Å². The van der Waals surface area contributed by atoms with E-state index in [9.17, 15) is 4.79 Å². The second-order valence-corrected chi connectivity index (χ2v) is 5.89. The summed E-state index contributed by atoms with van der Waals surface area (Å²) < 4.78 is 5.03. The van der Waals surface area contributed by atoms with E-state index in [2.05, 4.69) is 10.6 Å². The molecular formula is C19H22N2O2S. The summed E-state index contributed by atoms with van der Waals surface area (Å²) in [6.45, 7) is 6.14. The molecule has 4 nitrogen and oxygen atoms in total. The molecule has 0 aliphatic carbocycles. The first kappa shape index (κ1) is 17.9. The van der Waals surface area contributed by atoms with Crippen LogP contribution in [-0.4, -0.2) is 17.7 Å². The normalized spacial score (nSPS) is 11.5. The summed E-state index contributed by atoms with van der Waals surface area (Å²) in [6, 6.07) is 15.5. The van der Waals surface area contributed by atoms with Gasteiger partial charge in [0.05, 0.1) is 18.2 Å². The van der Waals surface area contributed by atoms with Gasteiger partial charge in [-0.2, -0.15) is 0 Å². The molecule has 0 saturated heterocycles. The molecule has 2 aromatic rings. The average molecular weight is 342 g/mol. The predicted octanol–water partition coefficient (Wildman–Crippen LogP) is 4.22. The van der Waals surface area contributed by atoms with Gasteiger partial charge in [0.1, 0.15) is 0 Å². The monoisotopic (exact) mass is 342 g/mol. The minimum Gasteiger partial charge on any atom is -0.462 e. The zero-order valence-corrected chi connectivity index (χ0v) is 14.9. The Labute approximate surface area is 148 Å². The molecule has 0 spiro atoms. The fourth-order valence-electron chi connectivity index (χ4n) is 2.28. The molecule has 0 radical (unpaired) electrons. The molecule has 1 atom stereocenters. The zero-order valence-electron chi connectivity index (χ0n) is 14.1. The summed E-state index contributed by atoms with van der Waals surface area (Å²) in [5.74, 6) is -0.336. The highest BCUT2D eigenvalue weighted by Crippen LogP contribution is 2.18. The number of benzene rings is 2. The van der Waals surface area contributed by atoms with Crippen molar-refractivity contribution in [2.45, 2.75) is 26.8 Å². The molecule has 24 heavy (non-hydrogen) atoms. The van der Waals surface area contributed by atoms with Crippen molar-refractivity contribution < 1.29 is 9.53 Å². The van der Waals surface area contributed by atoms with Gasteiger partial charge in [0.15, 0.2) is 5.11 Å². The Morgan fingerprint density at radius 3 is 2.58 bits per heavy atom. The van der Waals surface area contributed by atoms with Gasteiger partial charge < -0.3 is 15.4 Å². The Hall–Kier alpha value is -2.40. The number of hydrogen-bond acceptors (Lipinski definition) is 3. The van der Waals surface area contributed by atoms with E-state index in [1.165, 1.54) is 0 Å². The van der Waals surface area contributed by atoms with Gasteiger partial charge in [0.2, 0.25) is 0 Å². The lowest BCUT2D eigenvalue weighted by Gasteiger charge is -2.18. The molecule has 2 N–H and O–H groups in total. The molecule has 0 aliphatic rings. The third-order valence-electron chi connectivity index (χ3n) is 3.64. The fraction of sp³-hybridized carbons (Fsp3) is 0.263. The third kappa shape index (κ3) is 4.80. The first-order valence-corrected chi connectivity index (χ1v) is 8.32. The highest BCUT2D eigenvalue weighted by molar-refractivity contribution is 7.80. The van der Waals surface area contributed by atoms with Crippen LogP contribution in [0.2, 0.25) is 0 Å². The van der Waals surface area contributed by atoms with Crippen molar-refractivity contribution in [1.82, 2.24) is 5.32 Å². The molecule has 1 unspecified atom stereocenters. The van der Waals surface area contributed by atoms with E-state index in [1.54, 1.807) is 19.1 Å². The molecule has 126 valence electrons. The quantitative estimate of drug-likeness (QED) is 0.629. The molecule has 0 aliphatic heterocycles. The molecule has 0 saturated carbocycles. The van der Waals surface area contributed by atoms with Crippen LogP contribution in [0.25, 0.3) is 0 Å². The number of hydrogen-bond donors (Lipinski definition) is 2. The highest BCUT2D eigenvalue weighted by Gasteiger charge is 2.11. The largest absolute Gasteiger partial charge is 0.462 e. The van der Waals surface area contributed by atoms with Gasteiger partial charge in [-0.05, 0) is 56.2 Å². The van der Waals surface area contributed by atoms with Gasteiger partial charge in [-0.15, -0.1) is 0 Å². The van der Waals surface area contributed by atoms with Crippen molar-refractivity contribution in [3.63, 3.8) is 0 Å². The van der Waals surface area contributed by atoms with Crippen LogP contribution in [0.1, 0.15) is 41.4 Å². The topological polar surface area (TPSA) is 50.4 Å². The number of rotatable bonds is 5. The molecule has 2 rings (SSSR count). The van der Waals surface area contributed by atoms with E-state index in [0.29, 0.717) is 17.3 Å². The smallest absolute Gasteiger partial charge is 0.338 e. The zero-order chi connectivity index (χ0) is 17.5. The van der Waals surface area contributed by atoms with Gasteiger partial charge >= 0.3 is 5.97 Å². The van der Waals surface area contributed by atoms with Gasteiger partial charge in [-0.25, -0.2) is 4.79 Å². The highest BCUT2D eigenvalue weighted by atomic mass is 32.1. The Balaban J connectivity index is 2.05. The summed E-state index contributed by atoms with van der Waals surface area (Å²) in [6.07, 6.45) is 0. The van der Waals surface area contributed by atoms with Crippen LogP contribution >= 0.6 is 12.2 Å². The number of esters is 1. The van der Waals surface area contributed by atoms with E-state index >= 15 is 0 Å². The lowest BCUT2D eigenvalue weighted by molar-refractivity contribution is 0.0526. The number of carbonyl (C=O) groups excluding carboxylic acids is 1. The van der Waals surface area contributed by atoms with E-state index < -0.39 is 0 Å². The first-order chi connectivity index (χ1) is 11.5. The van der Waals surface area contributed by atoms with E-state index in [4.69, 9.17) is 17.0 Å². The second kappa shape index (κ2) is 8.45. The van der Waals surface area contributed by atoms with Crippen molar-refractivity contribution in [3.05, 3.63) is 65.2 Å². The van der Waals surface area contributed by atoms with Crippen LogP contribution in [0.15, 0.2) is 48.5 Å². The molecular weight excluding hydrogens is 320 g/mol. The maximum Gasteiger partial charge on any atom is 0.338 e. The van der Waals surface area contributed by atoms with Crippen LogP contribution in [0.4, 0.5) is 5.69 Å². The Morgan fingerprint density at radius 1 is 1.21 bits per heavy atom. The number of thiocarbonyl (C=S) groups is 1. The van der Waals surface area contributed by atoms with E-state index in [1.807, 2.05) is 50.2 Å². The second-order valence-electron chi connectivity index (χ2n) is 5.48. The summed E-state index contributed by atoms with van der Waals surface area (Å²) in [7, 11) is 0. The molecule has 0 aromatic heterocycles. The molecule has 2 aromatic carbocycles. The van der Waals surface area contributed by atoms with Crippen LogP contribution < -0.4 is 10.6 Å². The number of ether oxygens (including phenoxy) is 1. The van der Waals surface area contributed by atoms with Crippen molar-refractivity contribution in [2.75, 3.05) is 11.9 Å². The maximum absolute atomic E-state index is 11.9. The summed E-state index contributed by atoms with van der Waals surface area (Å²) in [5, 5.41) is 6.92. The van der Waals surface area contributed by atoms with Crippen molar-refractivity contribution >= 4 is 29.0 Å². The number of carbonyl (C=O) groups is 1. The Bertz CT molecular complexity index is 717. The maximum atomic E-state index is 11.9. The van der Waals surface area contributed by atoms with Crippen LogP contribution in [0.3, 0.4) is 0 Å². The minimum absolute atomic E-state index is 0.0831.